The molecule has 0 aliphatic rings. The maximum atomic E-state index is 14.0. The van der Waals surface area contributed by atoms with Gasteiger partial charge in [-0.25, -0.2) is 17.2 Å². The summed E-state index contributed by atoms with van der Waals surface area (Å²) in [6, 6.07) is 7.97. The van der Waals surface area contributed by atoms with Crippen molar-refractivity contribution in [1.82, 2.24) is 0 Å². The number of rotatable bonds is 4. The van der Waals surface area contributed by atoms with Crippen LogP contribution in [0.1, 0.15) is 16.7 Å². The van der Waals surface area contributed by atoms with Crippen LogP contribution in [0.4, 0.5) is 40.8 Å². The molecule has 0 aliphatic heterocycles. The van der Waals surface area contributed by atoms with Crippen molar-refractivity contribution in [1.29, 1.82) is 0 Å². The lowest BCUT2D eigenvalue weighted by molar-refractivity contribution is -0.143. The minimum absolute atomic E-state index is 0.0240. The average Bonchev–Trinajstić information content (AvgIpc) is 2.68. The van der Waals surface area contributed by atoms with Crippen LogP contribution in [0.25, 0.3) is 11.1 Å². The molecule has 0 saturated heterocycles. The standard InChI is InChI=1S/C21H13F8NO2S/c1-11-15(20(24,25)26)7-12(8-16(11)21(27,28)29)14-9-17(22)18(23)10-19(14)33(31,32)30-13-5-3-2-4-6-13/h2-10,30H,1H3. The average molecular weight is 495 g/mol. The summed E-state index contributed by atoms with van der Waals surface area (Å²) in [6.07, 6.45) is -10.5. The van der Waals surface area contributed by atoms with E-state index in [1.54, 1.807) is 6.07 Å². The van der Waals surface area contributed by atoms with E-state index >= 15 is 0 Å². The zero-order valence-corrected chi connectivity index (χ0v) is 17.3. The van der Waals surface area contributed by atoms with Crippen LogP contribution in [-0.2, 0) is 22.4 Å². The fourth-order valence-electron chi connectivity index (χ4n) is 3.15. The maximum Gasteiger partial charge on any atom is 0.416 e. The molecule has 3 aromatic carbocycles. The van der Waals surface area contributed by atoms with Crippen molar-refractivity contribution in [3.63, 3.8) is 0 Å². The predicted molar refractivity (Wildman–Crippen MR) is 104 cm³/mol. The van der Waals surface area contributed by atoms with Crippen molar-refractivity contribution < 1.29 is 43.5 Å². The smallest absolute Gasteiger partial charge is 0.280 e. The Labute approximate surface area is 182 Å². The molecule has 3 nitrogen and oxygen atoms in total. The van der Waals surface area contributed by atoms with E-state index in [-0.39, 0.29) is 30.0 Å². The van der Waals surface area contributed by atoms with E-state index in [1.165, 1.54) is 24.3 Å². The lowest BCUT2D eigenvalue weighted by atomic mass is 9.94. The molecule has 176 valence electrons. The third-order valence-electron chi connectivity index (χ3n) is 4.67. The summed E-state index contributed by atoms with van der Waals surface area (Å²) in [5, 5.41) is 0. The largest absolute Gasteiger partial charge is 0.416 e. The minimum atomic E-state index is -5.24. The van der Waals surface area contributed by atoms with Crippen molar-refractivity contribution in [2.24, 2.45) is 0 Å². The molecule has 0 aliphatic carbocycles. The van der Waals surface area contributed by atoms with Crippen LogP contribution in [0.3, 0.4) is 0 Å². The fraction of sp³-hybridized carbons (Fsp3) is 0.143. The van der Waals surface area contributed by atoms with E-state index in [0.717, 1.165) is 0 Å². The highest BCUT2D eigenvalue weighted by Gasteiger charge is 2.40. The third-order valence-corrected chi connectivity index (χ3v) is 6.09. The van der Waals surface area contributed by atoms with Gasteiger partial charge in [0.05, 0.1) is 16.0 Å². The predicted octanol–water partition coefficient (Wildman–Crippen LogP) is 6.78. The van der Waals surface area contributed by atoms with Crippen LogP contribution >= 0.6 is 0 Å². The number of hydrogen-bond donors (Lipinski definition) is 1. The first-order valence-electron chi connectivity index (χ1n) is 8.97. The van der Waals surface area contributed by atoms with E-state index < -0.39 is 66.7 Å². The lowest BCUT2D eigenvalue weighted by Crippen LogP contribution is -2.17. The summed E-state index contributed by atoms with van der Waals surface area (Å²) < 4.78 is 136. The van der Waals surface area contributed by atoms with Gasteiger partial charge in [-0.15, -0.1) is 0 Å². The fourth-order valence-corrected chi connectivity index (χ4v) is 4.43. The molecule has 3 rings (SSSR count). The number of alkyl halides is 6. The Balaban J connectivity index is 2.33. The molecule has 0 unspecified atom stereocenters. The van der Waals surface area contributed by atoms with E-state index in [4.69, 9.17) is 0 Å². The maximum absolute atomic E-state index is 14.0. The Morgan fingerprint density at radius 1 is 0.758 bits per heavy atom. The van der Waals surface area contributed by atoms with Crippen LogP contribution in [0, 0.1) is 18.6 Å². The summed E-state index contributed by atoms with van der Waals surface area (Å²) in [7, 11) is -4.76. The first kappa shape index (κ1) is 24.5. The highest BCUT2D eigenvalue weighted by atomic mass is 32.2. The van der Waals surface area contributed by atoms with Gasteiger partial charge in [0.15, 0.2) is 11.6 Å². The van der Waals surface area contributed by atoms with Gasteiger partial charge in [-0.3, -0.25) is 4.72 Å². The molecule has 0 aromatic heterocycles. The van der Waals surface area contributed by atoms with Crippen molar-refractivity contribution in [2.75, 3.05) is 4.72 Å². The topological polar surface area (TPSA) is 46.2 Å². The van der Waals surface area contributed by atoms with E-state index in [0.29, 0.717) is 6.92 Å². The van der Waals surface area contributed by atoms with Gasteiger partial charge in [-0.2, -0.15) is 26.3 Å². The molecule has 0 atom stereocenters. The summed E-state index contributed by atoms with van der Waals surface area (Å²) in [6.45, 7) is 0.606. The molecule has 0 saturated carbocycles. The SMILES string of the molecule is Cc1c(C(F)(F)F)cc(-c2cc(F)c(F)cc2S(=O)(=O)Nc2ccccc2)cc1C(F)(F)F. The summed E-state index contributed by atoms with van der Waals surface area (Å²) in [4.78, 5) is -1.05. The minimum Gasteiger partial charge on any atom is -0.280 e. The van der Waals surface area contributed by atoms with Gasteiger partial charge in [0, 0.05) is 11.3 Å². The second-order valence-electron chi connectivity index (χ2n) is 6.93. The van der Waals surface area contributed by atoms with Crippen molar-refractivity contribution >= 4 is 15.7 Å². The normalized spacial score (nSPS) is 12.6. The first-order valence-corrected chi connectivity index (χ1v) is 10.5. The summed E-state index contributed by atoms with van der Waals surface area (Å²) in [5.41, 5.74) is -6.36. The molecule has 1 N–H and O–H groups in total. The number of anilines is 1. The van der Waals surface area contributed by atoms with Crippen LogP contribution in [-0.4, -0.2) is 8.42 Å². The summed E-state index contributed by atoms with van der Waals surface area (Å²) >= 11 is 0. The molecule has 0 fully saturated rings. The number of halogens is 8. The van der Waals surface area contributed by atoms with E-state index in [9.17, 15) is 43.5 Å². The van der Waals surface area contributed by atoms with Gasteiger partial charge in [0.1, 0.15) is 0 Å². The van der Waals surface area contributed by atoms with Gasteiger partial charge >= 0.3 is 12.4 Å². The van der Waals surface area contributed by atoms with Crippen LogP contribution in [0.15, 0.2) is 59.5 Å². The number of hydrogen-bond acceptors (Lipinski definition) is 2. The number of sulfonamides is 1. The lowest BCUT2D eigenvalue weighted by Gasteiger charge is -2.20. The Kier molecular flexibility index (Phi) is 6.18. The molecule has 33 heavy (non-hydrogen) atoms. The molecule has 0 heterocycles. The second-order valence-corrected chi connectivity index (χ2v) is 8.58. The van der Waals surface area contributed by atoms with Crippen LogP contribution in [0.2, 0.25) is 0 Å². The summed E-state index contributed by atoms with van der Waals surface area (Å²) in [5.74, 6) is -3.32. The highest BCUT2D eigenvalue weighted by molar-refractivity contribution is 7.92. The molecular weight excluding hydrogens is 482 g/mol. The molecule has 12 heteroatoms. The van der Waals surface area contributed by atoms with Crippen molar-refractivity contribution in [3.8, 4) is 11.1 Å². The van der Waals surface area contributed by atoms with Gasteiger partial charge in [0.2, 0.25) is 0 Å². The Hall–Kier alpha value is -3.15. The molecule has 0 radical (unpaired) electrons. The van der Waals surface area contributed by atoms with Gasteiger partial charge in [-0.05, 0) is 54.4 Å². The first-order chi connectivity index (χ1) is 15.1. The van der Waals surface area contributed by atoms with E-state index in [2.05, 4.69) is 0 Å². The number of benzene rings is 3. The Bertz CT molecular complexity index is 1270. The Morgan fingerprint density at radius 3 is 1.73 bits per heavy atom. The number of para-hydroxylation sites is 1. The van der Waals surface area contributed by atoms with Gasteiger partial charge in [-0.1, -0.05) is 18.2 Å². The molecule has 0 bridgehead atoms. The number of nitrogens with one attached hydrogen (secondary N) is 1. The van der Waals surface area contributed by atoms with E-state index in [1.807, 2.05) is 4.72 Å². The van der Waals surface area contributed by atoms with Crippen molar-refractivity contribution in [2.45, 2.75) is 24.2 Å². The van der Waals surface area contributed by atoms with Crippen molar-refractivity contribution in [3.05, 3.63) is 82.9 Å². The zero-order chi connectivity index (χ0) is 24.8. The monoisotopic (exact) mass is 495 g/mol. The van der Waals surface area contributed by atoms with Gasteiger partial charge < -0.3 is 0 Å². The zero-order valence-electron chi connectivity index (χ0n) is 16.4. The second kappa shape index (κ2) is 8.32. The molecule has 3 aromatic rings. The highest BCUT2D eigenvalue weighted by Crippen LogP contribution is 2.43. The quantitative estimate of drug-likeness (QED) is 0.406. The molecular formula is C21H13F8NO2S. The third kappa shape index (κ3) is 5.10. The van der Waals surface area contributed by atoms with Crippen LogP contribution < -0.4 is 4.72 Å². The molecule has 0 amide bonds. The van der Waals surface area contributed by atoms with Gasteiger partial charge in [0.25, 0.3) is 10.0 Å². The van der Waals surface area contributed by atoms with Crippen LogP contribution in [0.5, 0.6) is 0 Å². The molecule has 0 spiro atoms. The Morgan fingerprint density at radius 2 is 1.24 bits per heavy atom.